The van der Waals surface area contributed by atoms with Crippen LogP contribution in [0.1, 0.15) is 18.1 Å². The van der Waals surface area contributed by atoms with Crippen LogP contribution in [0, 0.1) is 17.0 Å². The third-order valence-corrected chi connectivity index (χ3v) is 2.29. The van der Waals surface area contributed by atoms with Crippen LogP contribution in [0.15, 0.2) is 25.0 Å². The van der Waals surface area contributed by atoms with Gasteiger partial charge in [-0.25, -0.2) is 0 Å². The van der Waals surface area contributed by atoms with Gasteiger partial charge < -0.3 is 4.74 Å². The predicted octanol–water partition coefficient (Wildman–Crippen LogP) is 2.99. The average Bonchev–Trinajstić information content (AvgIpc) is 2.18. The van der Waals surface area contributed by atoms with Crippen LogP contribution in [0.25, 0.3) is 0 Å². The third kappa shape index (κ3) is 2.15. The Morgan fingerprint density at radius 3 is 2.73 bits per heavy atom. The zero-order valence-corrected chi connectivity index (χ0v) is 8.82. The lowest BCUT2D eigenvalue weighted by Crippen LogP contribution is -1.98. The molecule has 0 saturated carbocycles. The Morgan fingerprint density at radius 1 is 1.60 bits per heavy atom. The second-order valence-corrected chi connectivity index (χ2v) is 3.08. The molecule has 15 heavy (non-hydrogen) atoms. The van der Waals surface area contributed by atoms with Crippen molar-refractivity contribution in [2.45, 2.75) is 20.3 Å². The van der Waals surface area contributed by atoms with Crippen molar-refractivity contribution >= 4 is 5.69 Å². The highest BCUT2D eigenvalue weighted by Gasteiger charge is 2.16. The van der Waals surface area contributed by atoms with E-state index in [0.29, 0.717) is 17.7 Å². The molecule has 1 rings (SSSR count). The molecule has 0 unspecified atom stereocenters. The summed E-state index contributed by atoms with van der Waals surface area (Å²) in [5.41, 5.74) is 1.63. The van der Waals surface area contributed by atoms with Crippen LogP contribution in [-0.2, 0) is 6.42 Å². The van der Waals surface area contributed by atoms with E-state index >= 15 is 0 Å². The van der Waals surface area contributed by atoms with Crippen molar-refractivity contribution < 1.29 is 9.66 Å². The summed E-state index contributed by atoms with van der Waals surface area (Å²) in [4.78, 5) is 10.3. The molecule has 0 aliphatic carbocycles. The van der Waals surface area contributed by atoms with Crippen LogP contribution in [0.2, 0.25) is 0 Å². The minimum Gasteiger partial charge on any atom is -0.465 e. The van der Waals surface area contributed by atoms with Gasteiger partial charge in [-0.2, -0.15) is 0 Å². The van der Waals surface area contributed by atoms with Gasteiger partial charge in [0.15, 0.2) is 0 Å². The van der Waals surface area contributed by atoms with Crippen LogP contribution < -0.4 is 4.74 Å². The summed E-state index contributed by atoms with van der Waals surface area (Å²) in [6.45, 7) is 7.12. The molecule has 0 spiro atoms. The van der Waals surface area contributed by atoms with Crippen LogP contribution in [0.3, 0.4) is 0 Å². The Hall–Kier alpha value is -1.84. The van der Waals surface area contributed by atoms with E-state index in [1.165, 1.54) is 12.3 Å². The number of hydrogen-bond donors (Lipinski definition) is 0. The van der Waals surface area contributed by atoms with Crippen molar-refractivity contribution in [3.63, 3.8) is 0 Å². The number of nitro benzene ring substituents is 1. The Balaban J connectivity index is 3.31. The fourth-order valence-electron chi connectivity index (χ4n) is 1.56. The first-order valence-electron chi connectivity index (χ1n) is 4.66. The quantitative estimate of drug-likeness (QED) is 0.433. The van der Waals surface area contributed by atoms with E-state index in [2.05, 4.69) is 6.58 Å². The highest BCUT2D eigenvalue weighted by Crippen LogP contribution is 2.30. The lowest BCUT2D eigenvalue weighted by atomic mass is 10.0. The van der Waals surface area contributed by atoms with Gasteiger partial charge in [-0.1, -0.05) is 13.5 Å². The molecule has 0 amide bonds. The molecule has 0 saturated heterocycles. The monoisotopic (exact) mass is 207 g/mol. The fourth-order valence-corrected chi connectivity index (χ4v) is 1.56. The van der Waals surface area contributed by atoms with E-state index in [1.807, 2.05) is 6.92 Å². The van der Waals surface area contributed by atoms with Crippen molar-refractivity contribution in [3.05, 3.63) is 46.2 Å². The topological polar surface area (TPSA) is 52.4 Å². The molecule has 4 heteroatoms. The summed E-state index contributed by atoms with van der Waals surface area (Å²) in [5.74, 6) is 0.635. The van der Waals surface area contributed by atoms with Gasteiger partial charge in [0.2, 0.25) is 0 Å². The maximum Gasteiger partial charge on any atom is 0.272 e. The molecule has 0 fully saturated rings. The largest absolute Gasteiger partial charge is 0.465 e. The van der Waals surface area contributed by atoms with Gasteiger partial charge in [0.05, 0.1) is 11.2 Å². The molecule has 0 radical (unpaired) electrons. The molecule has 0 atom stereocenters. The Labute approximate surface area is 88.3 Å². The highest BCUT2D eigenvalue weighted by molar-refractivity contribution is 5.51. The summed E-state index contributed by atoms with van der Waals surface area (Å²) in [6.07, 6.45) is 2.01. The molecule has 80 valence electrons. The summed E-state index contributed by atoms with van der Waals surface area (Å²) < 4.78 is 5.18. The number of nitro groups is 1. The lowest BCUT2D eigenvalue weighted by molar-refractivity contribution is -0.385. The van der Waals surface area contributed by atoms with Crippen LogP contribution in [-0.4, -0.2) is 4.92 Å². The predicted molar refractivity (Wildman–Crippen MR) is 58.0 cm³/mol. The summed E-state index contributed by atoms with van der Waals surface area (Å²) in [6, 6.07) is 3.05. The first-order chi connectivity index (χ1) is 7.11. The second-order valence-electron chi connectivity index (χ2n) is 3.08. The Morgan fingerprint density at radius 2 is 2.27 bits per heavy atom. The molecule has 0 N–H and O–H groups in total. The maximum absolute atomic E-state index is 10.7. The normalized spacial score (nSPS) is 9.73. The van der Waals surface area contributed by atoms with Crippen LogP contribution >= 0.6 is 0 Å². The van der Waals surface area contributed by atoms with Crippen molar-refractivity contribution in [1.82, 2.24) is 0 Å². The molecule has 0 bridgehead atoms. The van der Waals surface area contributed by atoms with Gasteiger partial charge >= 0.3 is 0 Å². The van der Waals surface area contributed by atoms with Crippen molar-refractivity contribution in [2.75, 3.05) is 0 Å². The van der Waals surface area contributed by atoms with E-state index in [9.17, 15) is 10.1 Å². The van der Waals surface area contributed by atoms with Crippen molar-refractivity contribution in [1.29, 1.82) is 0 Å². The van der Waals surface area contributed by atoms with E-state index in [-0.39, 0.29) is 10.6 Å². The number of rotatable bonds is 4. The zero-order chi connectivity index (χ0) is 11.4. The molecular formula is C11H13NO3. The maximum atomic E-state index is 10.7. The minimum atomic E-state index is -0.383. The van der Waals surface area contributed by atoms with Gasteiger partial charge in [0.25, 0.3) is 5.69 Å². The van der Waals surface area contributed by atoms with Gasteiger partial charge in [-0.15, -0.1) is 0 Å². The third-order valence-electron chi connectivity index (χ3n) is 2.29. The van der Waals surface area contributed by atoms with Crippen LogP contribution in [0.5, 0.6) is 5.75 Å². The zero-order valence-electron chi connectivity index (χ0n) is 8.82. The molecule has 0 heterocycles. The summed E-state index contributed by atoms with van der Waals surface area (Å²) in [5, 5.41) is 10.7. The molecule has 0 aliphatic rings. The van der Waals surface area contributed by atoms with E-state index in [4.69, 9.17) is 4.74 Å². The van der Waals surface area contributed by atoms with Crippen molar-refractivity contribution in [2.24, 2.45) is 0 Å². The number of nitrogens with zero attached hydrogens (tertiary/aromatic N) is 1. The lowest BCUT2D eigenvalue weighted by Gasteiger charge is -2.09. The fraction of sp³-hybridized carbons (Fsp3) is 0.273. The SMILES string of the molecule is C=COc1ccc([N+](=O)[O-])c(C)c1CC. The second kappa shape index (κ2) is 4.59. The minimum absolute atomic E-state index is 0.128. The standard InChI is InChI=1S/C11H13NO3/c1-4-9-8(3)10(12(13)14)6-7-11(9)15-5-2/h5-7H,2,4H2,1,3H3. The van der Waals surface area contributed by atoms with Gasteiger partial charge in [-0.05, 0) is 19.4 Å². The molecule has 0 aliphatic heterocycles. The smallest absolute Gasteiger partial charge is 0.272 e. The van der Waals surface area contributed by atoms with E-state index < -0.39 is 0 Å². The molecule has 4 nitrogen and oxygen atoms in total. The Kier molecular flexibility index (Phi) is 3.44. The number of hydrogen-bond acceptors (Lipinski definition) is 3. The van der Waals surface area contributed by atoms with E-state index in [1.54, 1.807) is 13.0 Å². The Bertz CT molecular complexity index is 399. The molecule has 1 aromatic carbocycles. The number of benzene rings is 1. The highest BCUT2D eigenvalue weighted by atomic mass is 16.6. The van der Waals surface area contributed by atoms with Gasteiger partial charge in [0, 0.05) is 17.2 Å². The van der Waals surface area contributed by atoms with Crippen molar-refractivity contribution in [3.8, 4) is 5.75 Å². The van der Waals surface area contributed by atoms with Crippen LogP contribution in [0.4, 0.5) is 5.69 Å². The molecular weight excluding hydrogens is 194 g/mol. The summed E-state index contributed by atoms with van der Waals surface area (Å²) in [7, 11) is 0. The first-order valence-corrected chi connectivity index (χ1v) is 4.66. The van der Waals surface area contributed by atoms with Gasteiger partial charge in [0.1, 0.15) is 5.75 Å². The molecule has 0 aromatic heterocycles. The number of ether oxygens (including phenoxy) is 1. The molecule has 1 aromatic rings. The first kappa shape index (κ1) is 11.2. The summed E-state index contributed by atoms with van der Waals surface area (Å²) >= 11 is 0. The average molecular weight is 207 g/mol. The van der Waals surface area contributed by atoms with E-state index in [0.717, 1.165) is 5.56 Å². The van der Waals surface area contributed by atoms with Gasteiger partial charge in [-0.3, -0.25) is 10.1 Å².